The first kappa shape index (κ1) is 11.4. The molecule has 0 radical (unpaired) electrons. The fourth-order valence-corrected chi connectivity index (χ4v) is 2.37. The highest BCUT2D eigenvalue weighted by Crippen LogP contribution is 2.18. The summed E-state index contributed by atoms with van der Waals surface area (Å²) in [6.07, 6.45) is 1.57. The van der Waals surface area contributed by atoms with E-state index in [2.05, 4.69) is 20.4 Å². The number of H-pyrrole nitrogens is 1. The van der Waals surface area contributed by atoms with Gasteiger partial charge in [-0.05, 0) is 12.1 Å². The number of hydrogen-bond donors (Lipinski definition) is 2. The second-order valence-corrected chi connectivity index (χ2v) is 4.94. The lowest BCUT2D eigenvalue weighted by molar-refractivity contribution is 0.430. The Hall–Kier alpha value is -2.47. The van der Waals surface area contributed by atoms with E-state index in [9.17, 15) is 4.79 Å². The SMILES string of the molecule is O=c1[nH]c(C2CNC2)nc2c1cnn2-c1ccccc1. The average Bonchev–Trinajstić information content (AvgIpc) is 2.82. The van der Waals surface area contributed by atoms with Gasteiger partial charge in [0.1, 0.15) is 11.2 Å². The number of fused-ring (bicyclic) bond motifs is 1. The van der Waals surface area contributed by atoms with Gasteiger partial charge in [-0.2, -0.15) is 5.10 Å². The predicted molar refractivity (Wildman–Crippen MR) is 75.1 cm³/mol. The van der Waals surface area contributed by atoms with E-state index >= 15 is 0 Å². The van der Waals surface area contributed by atoms with Gasteiger partial charge in [0, 0.05) is 19.0 Å². The summed E-state index contributed by atoms with van der Waals surface area (Å²) in [5, 5.41) is 7.99. The fraction of sp³-hybridized carbons (Fsp3) is 0.214. The van der Waals surface area contributed by atoms with Crippen molar-refractivity contribution < 1.29 is 0 Å². The topological polar surface area (TPSA) is 75.6 Å². The van der Waals surface area contributed by atoms with Crippen molar-refractivity contribution in [3.63, 3.8) is 0 Å². The van der Waals surface area contributed by atoms with Crippen LogP contribution in [-0.4, -0.2) is 32.8 Å². The molecular formula is C14H13N5O. The highest BCUT2D eigenvalue weighted by Gasteiger charge is 2.23. The van der Waals surface area contributed by atoms with Crippen LogP contribution in [0.5, 0.6) is 0 Å². The largest absolute Gasteiger partial charge is 0.315 e. The van der Waals surface area contributed by atoms with Crippen LogP contribution in [0.3, 0.4) is 0 Å². The van der Waals surface area contributed by atoms with E-state index in [0.29, 0.717) is 11.0 Å². The Kier molecular flexibility index (Phi) is 2.43. The minimum atomic E-state index is -0.126. The third-order valence-electron chi connectivity index (χ3n) is 3.63. The molecule has 0 saturated carbocycles. The molecule has 2 N–H and O–H groups in total. The molecule has 0 spiro atoms. The summed E-state index contributed by atoms with van der Waals surface area (Å²) in [6, 6.07) is 9.71. The van der Waals surface area contributed by atoms with Crippen LogP contribution in [0.2, 0.25) is 0 Å². The van der Waals surface area contributed by atoms with Gasteiger partial charge in [-0.25, -0.2) is 9.67 Å². The Morgan fingerprint density at radius 1 is 1.20 bits per heavy atom. The highest BCUT2D eigenvalue weighted by atomic mass is 16.1. The molecule has 1 saturated heterocycles. The van der Waals surface area contributed by atoms with Crippen LogP contribution in [0.1, 0.15) is 11.7 Å². The zero-order valence-corrected chi connectivity index (χ0v) is 10.7. The van der Waals surface area contributed by atoms with Gasteiger partial charge in [-0.15, -0.1) is 0 Å². The lowest BCUT2D eigenvalue weighted by Gasteiger charge is -2.25. The molecule has 2 aromatic heterocycles. The van der Waals surface area contributed by atoms with Crippen molar-refractivity contribution in [3.05, 3.63) is 52.7 Å². The maximum atomic E-state index is 12.1. The van der Waals surface area contributed by atoms with Gasteiger partial charge < -0.3 is 10.3 Å². The monoisotopic (exact) mass is 267 g/mol. The number of aromatic amines is 1. The average molecular weight is 267 g/mol. The zero-order chi connectivity index (χ0) is 13.5. The number of nitrogens with one attached hydrogen (secondary N) is 2. The molecule has 0 aliphatic carbocycles. The Bertz CT molecular complexity index is 816. The third kappa shape index (κ3) is 1.65. The van der Waals surface area contributed by atoms with Crippen molar-refractivity contribution in [3.8, 4) is 5.69 Å². The Labute approximate surface area is 114 Å². The van der Waals surface area contributed by atoms with E-state index in [4.69, 9.17) is 0 Å². The zero-order valence-electron chi connectivity index (χ0n) is 10.7. The van der Waals surface area contributed by atoms with E-state index in [0.717, 1.165) is 24.6 Å². The molecule has 6 heteroatoms. The van der Waals surface area contributed by atoms with Crippen molar-refractivity contribution in [2.45, 2.75) is 5.92 Å². The highest BCUT2D eigenvalue weighted by molar-refractivity contribution is 5.75. The molecule has 1 aliphatic heterocycles. The van der Waals surface area contributed by atoms with Crippen LogP contribution in [0, 0.1) is 0 Å². The van der Waals surface area contributed by atoms with Crippen molar-refractivity contribution >= 4 is 11.0 Å². The van der Waals surface area contributed by atoms with E-state index in [1.54, 1.807) is 10.9 Å². The van der Waals surface area contributed by atoms with Crippen molar-refractivity contribution in [1.29, 1.82) is 0 Å². The molecular weight excluding hydrogens is 254 g/mol. The predicted octanol–water partition coefficient (Wildman–Crippen LogP) is 0.796. The van der Waals surface area contributed by atoms with Gasteiger partial charge in [0.2, 0.25) is 0 Å². The smallest absolute Gasteiger partial charge is 0.262 e. The van der Waals surface area contributed by atoms with E-state index in [1.807, 2.05) is 30.3 Å². The molecule has 1 fully saturated rings. The molecule has 0 unspecified atom stereocenters. The molecule has 20 heavy (non-hydrogen) atoms. The van der Waals surface area contributed by atoms with Crippen LogP contribution >= 0.6 is 0 Å². The third-order valence-corrected chi connectivity index (χ3v) is 3.63. The molecule has 0 bridgehead atoms. The van der Waals surface area contributed by atoms with Gasteiger partial charge in [-0.1, -0.05) is 18.2 Å². The summed E-state index contributed by atoms with van der Waals surface area (Å²) in [6.45, 7) is 1.71. The van der Waals surface area contributed by atoms with Gasteiger partial charge >= 0.3 is 0 Å². The molecule has 6 nitrogen and oxygen atoms in total. The lowest BCUT2D eigenvalue weighted by Crippen LogP contribution is -2.41. The van der Waals surface area contributed by atoms with Crippen molar-refractivity contribution in [1.82, 2.24) is 25.1 Å². The summed E-state index contributed by atoms with van der Waals surface area (Å²) in [5.74, 6) is 1.02. The van der Waals surface area contributed by atoms with Crippen LogP contribution in [-0.2, 0) is 0 Å². The van der Waals surface area contributed by atoms with Crippen LogP contribution < -0.4 is 10.9 Å². The molecule has 3 aromatic rings. The van der Waals surface area contributed by atoms with Crippen LogP contribution in [0.25, 0.3) is 16.7 Å². The molecule has 3 heterocycles. The molecule has 1 aromatic carbocycles. The Morgan fingerprint density at radius 2 is 2.00 bits per heavy atom. The van der Waals surface area contributed by atoms with Crippen molar-refractivity contribution in [2.24, 2.45) is 0 Å². The fourth-order valence-electron chi connectivity index (χ4n) is 2.37. The first-order chi connectivity index (χ1) is 9.83. The summed E-state index contributed by atoms with van der Waals surface area (Å²) < 4.78 is 1.71. The molecule has 4 rings (SSSR count). The molecule has 100 valence electrons. The Balaban J connectivity index is 1.94. The minimum Gasteiger partial charge on any atom is -0.315 e. The number of nitrogens with zero attached hydrogens (tertiary/aromatic N) is 3. The second kappa shape index (κ2) is 4.28. The first-order valence-corrected chi connectivity index (χ1v) is 6.57. The number of aromatic nitrogens is 4. The van der Waals surface area contributed by atoms with E-state index in [1.165, 1.54) is 0 Å². The second-order valence-electron chi connectivity index (χ2n) is 4.94. The molecule has 0 amide bonds. The summed E-state index contributed by atoms with van der Waals surface area (Å²) in [4.78, 5) is 19.6. The van der Waals surface area contributed by atoms with Gasteiger partial charge in [0.15, 0.2) is 5.65 Å². The number of hydrogen-bond acceptors (Lipinski definition) is 4. The standard InChI is InChI=1S/C14H13N5O/c20-14-11-8-16-19(10-4-2-1-3-5-10)13(11)17-12(18-14)9-6-15-7-9/h1-5,8-9,15H,6-7H2,(H,17,18,20). The van der Waals surface area contributed by atoms with Gasteiger partial charge in [0.05, 0.1) is 11.9 Å². The summed E-state index contributed by atoms with van der Waals surface area (Å²) in [7, 11) is 0. The van der Waals surface area contributed by atoms with E-state index in [-0.39, 0.29) is 11.5 Å². The Morgan fingerprint density at radius 3 is 2.70 bits per heavy atom. The number of para-hydroxylation sites is 1. The maximum absolute atomic E-state index is 12.1. The minimum absolute atomic E-state index is 0.126. The van der Waals surface area contributed by atoms with Crippen molar-refractivity contribution in [2.75, 3.05) is 13.1 Å². The normalized spacial score (nSPS) is 15.4. The quantitative estimate of drug-likeness (QED) is 0.720. The van der Waals surface area contributed by atoms with E-state index < -0.39 is 0 Å². The summed E-state index contributed by atoms with van der Waals surface area (Å²) in [5.41, 5.74) is 1.39. The maximum Gasteiger partial charge on any atom is 0.262 e. The molecule has 0 atom stereocenters. The first-order valence-electron chi connectivity index (χ1n) is 6.57. The van der Waals surface area contributed by atoms with Crippen LogP contribution in [0.15, 0.2) is 41.3 Å². The van der Waals surface area contributed by atoms with Gasteiger partial charge in [-0.3, -0.25) is 4.79 Å². The number of rotatable bonds is 2. The number of benzene rings is 1. The lowest BCUT2D eigenvalue weighted by atomic mass is 10.0. The van der Waals surface area contributed by atoms with Crippen LogP contribution in [0.4, 0.5) is 0 Å². The summed E-state index contributed by atoms with van der Waals surface area (Å²) >= 11 is 0. The van der Waals surface area contributed by atoms with Gasteiger partial charge in [0.25, 0.3) is 5.56 Å². The molecule has 1 aliphatic rings.